The summed E-state index contributed by atoms with van der Waals surface area (Å²) >= 11 is 0. The van der Waals surface area contributed by atoms with E-state index in [0.717, 1.165) is 4.57 Å². The van der Waals surface area contributed by atoms with Crippen molar-refractivity contribution < 1.29 is 14.4 Å². The van der Waals surface area contributed by atoms with Crippen LogP contribution in [-0.4, -0.2) is 48.9 Å². The van der Waals surface area contributed by atoms with Crippen LogP contribution in [0.4, 0.5) is 11.4 Å². The maximum absolute atomic E-state index is 13.3. The first-order valence-electron chi connectivity index (χ1n) is 11.2. The van der Waals surface area contributed by atoms with Crippen LogP contribution in [0.25, 0.3) is 11.0 Å². The highest BCUT2D eigenvalue weighted by atomic mass is 16.2. The summed E-state index contributed by atoms with van der Waals surface area (Å²) in [7, 11) is 2.89. The zero-order chi connectivity index (χ0) is 25.1. The molecule has 1 saturated heterocycles. The van der Waals surface area contributed by atoms with Crippen molar-refractivity contribution in [3.05, 3.63) is 62.9 Å². The molecule has 1 aromatic carbocycles. The summed E-state index contributed by atoms with van der Waals surface area (Å²) < 4.78 is 2.24. The lowest BCUT2D eigenvalue weighted by molar-refractivity contribution is -0.117. The van der Waals surface area contributed by atoms with Gasteiger partial charge in [-0.15, -0.1) is 0 Å². The van der Waals surface area contributed by atoms with Crippen LogP contribution in [0.1, 0.15) is 36.5 Å². The van der Waals surface area contributed by atoms with E-state index >= 15 is 0 Å². The zero-order valence-electron chi connectivity index (χ0n) is 19.6. The molecule has 1 fully saturated rings. The van der Waals surface area contributed by atoms with E-state index in [1.165, 1.54) is 30.9 Å². The number of benzene rings is 1. The fourth-order valence-electron chi connectivity index (χ4n) is 5.01. The Morgan fingerprint density at radius 2 is 1.86 bits per heavy atom. The van der Waals surface area contributed by atoms with Gasteiger partial charge < -0.3 is 10.2 Å². The molecule has 4 heterocycles. The predicted molar refractivity (Wildman–Crippen MR) is 128 cm³/mol. The summed E-state index contributed by atoms with van der Waals surface area (Å²) in [4.78, 5) is 70.8. The van der Waals surface area contributed by atoms with Gasteiger partial charge in [0, 0.05) is 33.5 Å². The number of carbonyl (C=O) groups excluding carboxylic acids is 3. The monoisotopic (exact) mass is 476 g/mol. The van der Waals surface area contributed by atoms with Crippen molar-refractivity contribution in [3.63, 3.8) is 0 Å². The molecule has 35 heavy (non-hydrogen) atoms. The van der Waals surface area contributed by atoms with Gasteiger partial charge in [-0.3, -0.25) is 33.2 Å². The first-order valence-corrected chi connectivity index (χ1v) is 11.2. The number of aromatic nitrogens is 3. The summed E-state index contributed by atoms with van der Waals surface area (Å²) in [6.07, 6.45) is 2.15. The van der Waals surface area contributed by atoms with Crippen molar-refractivity contribution in [2.75, 3.05) is 16.8 Å². The second-order valence-electron chi connectivity index (χ2n) is 9.02. The Labute approximate surface area is 199 Å². The molecule has 3 amide bonds. The number of aryl methyl sites for hydroxylation is 1. The van der Waals surface area contributed by atoms with Crippen LogP contribution in [0.2, 0.25) is 0 Å². The van der Waals surface area contributed by atoms with Gasteiger partial charge in [0.2, 0.25) is 11.8 Å². The number of para-hydroxylation sites is 1. The third kappa shape index (κ3) is 3.34. The fourth-order valence-corrected chi connectivity index (χ4v) is 5.01. The third-order valence-electron chi connectivity index (χ3n) is 6.89. The lowest BCUT2D eigenvalue weighted by Crippen LogP contribution is -2.62. The van der Waals surface area contributed by atoms with E-state index in [2.05, 4.69) is 10.3 Å². The summed E-state index contributed by atoms with van der Waals surface area (Å²) in [6.45, 7) is 1.95. The van der Waals surface area contributed by atoms with Gasteiger partial charge in [-0.1, -0.05) is 12.1 Å². The minimum absolute atomic E-state index is 0.0190. The fraction of sp³-hybridized carbons (Fsp3) is 0.333. The highest BCUT2D eigenvalue weighted by Gasteiger charge is 2.52. The standard InChI is InChI=1S/C24H24N6O5/c1-24-10-8-19(32)30(24)17-7-5-4-6-15(17)22(34)29(24)11-9-18(31)26-14-12-16-20(25-13-14)27(2)23(35)28(3)21(16)33/h4-7,12-13H,8-11H2,1-3H3,(H,26,31). The Balaban J connectivity index is 1.37. The Morgan fingerprint density at radius 1 is 1.11 bits per heavy atom. The molecule has 5 rings (SSSR count). The van der Waals surface area contributed by atoms with Gasteiger partial charge in [-0.2, -0.15) is 0 Å². The molecule has 0 spiro atoms. The van der Waals surface area contributed by atoms with Gasteiger partial charge in [-0.05, 0) is 31.5 Å². The summed E-state index contributed by atoms with van der Waals surface area (Å²) in [5.41, 5.74) is -0.299. The average Bonchev–Trinajstić information content (AvgIpc) is 3.16. The number of carbonyl (C=O) groups is 3. The number of pyridine rings is 1. The van der Waals surface area contributed by atoms with Crippen LogP contribution >= 0.6 is 0 Å². The number of rotatable bonds is 4. The Kier molecular flexibility index (Phi) is 5.08. The molecular weight excluding hydrogens is 452 g/mol. The molecule has 11 nitrogen and oxygen atoms in total. The molecule has 0 bridgehead atoms. The number of nitrogens with zero attached hydrogens (tertiary/aromatic N) is 5. The second kappa shape index (κ2) is 7.90. The van der Waals surface area contributed by atoms with Gasteiger partial charge in [0.15, 0.2) is 0 Å². The largest absolute Gasteiger partial charge is 0.332 e. The maximum Gasteiger partial charge on any atom is 0.332 e. The Hall–Kier alpha value is -4.28. The van der Waals surface area contributed by atoms with Gasteiger partial charge in [-0.25, -0.2) is 9.78 Å². The normalized spacial score (nSPS) is 19.2. The quantitative estimate of drug-likeness (QED) is 0.598. The highest BCUT2D eigenvalue weighted by molar-refractivity contribution is 6.10. The molecule has 2 aromatic heterocycles. The molecule has 1 unspecified atom stereocenters. The van der Waals surface area contributed by atoms with Crippen molar-refractivity contribution in [1.29, 1.82) is 0 Å². The highest BCUT2D eigenvalue weighted by Crippen LogP contribution is 2.43. The van der Waals surface area contributed by atoms with Crippen LogP contribution in [0.3, 0.4) is 0 Å². The Morgan fingerprint density at radius 3 is 2.63 bits per heavy atom. The number of hydrogen-bond donors (Lipinski definition) is 1. The molecule has 2 aliphatic rings. The number of hydrogen-bond acceptors (Lipinski definition) is 6. The van der Waals surface area contributed by atoms with E-state index in [9.17, 15) is 24.0 Å². The molecule has 0 aliphatic carbocycles. The molecule has 0 saturated carbocycles. The lowest BCUT2D eigenvalue weighted by atomic mass is 9.98. The van der Waals surface area contributed by atoms with Crippen molar-refractivity contribution in [2.24, 2.45) is 14.1 Å². The van der Waals surface area contributed by atoms with Gasteiger partial charge in [0.05, 0.1) is 28.5 Å². The lowest BCUT2D eigenvalue weighted by Gasteiger charge is -2.48. The van der Waals surface area contributed by atoms with Crippen molar-refractivity contribution >= 4 is 40.1 Å². The van der Waals surface area contributed by atoms with E-state index in [0.29, 0.717) is 29.8 Å². The van der Waals surface area contributed by atoms with E-state index in [1.54, 1.807) is 34.1 Å². The number of fused-ring (bicyclic) bond motifs is 4. The molecule has 0 radical (unpaired) electrons. The minimum atomic E-state index is -0.843. The Bertz CT molecular complexity index is 1540. The molecule has 3 aromatic rings. The third-order valence-corrected chi connectivity index (χ3v) is 6.89. The minimum Gasteiger partial charge on any atom is -0.325 e. The zero-order valence-corrected chi connectivity index (χ0v) is 19.6. The first-order chi connectivity index (χ1) is 16.6. The SMILES string of the molecule is Cn1c(=O)c2cc(NC(=O)CCN3C(=O)c4ccccc4N4C(=O)CCC34C)cnc2n(C)c1=O. The van der Waals surface area contributed by atoms with Crippen molar-refractivity contribution in [2.45, 2.75) is 31.8 Å². The maximum atomic E-state index is 13.3. The van der Waals surface area contributed by atoms with E-state index < -0.39 is 16.9 Å². The van der Waals surface area contributed by atoms with E-state index in [4.69, 9.17) is 0 Å². The van der Waals surface area contributed by atoms with Crippen molar-refractivity contribution in [1.82, 2.24) is 19.0 Å². The van der Waals surface area contributed by atoms with Gasteiger partial charge in [0.1, 0.15) is 11.3 Å². The molecule has 1 atom stereocenters. The van der Waals surface area contributed by atoms with Crippen LogP contribution in [0, 0.1) is 0 Å². The van der Waals surface area contributed by atoms with Gasteiger partial charge >= 0.3 is 5.69 Å². The first kappa shape index (κ1) is 22.5. The summed E-state index contributed by atoms with van der Waals surface area (Å²) in [5.74, 6) is -0.655. The second-order valence-corrected chi connectivity index (χ2v) is 9.02. The van der Waals surface area contributed by atoms with E-state index in [-0.39, 0.29) is 41.7 Å². The molecule has 2 aliphatic heterocycles. The van der Waals surface area contributed by atoms with Crippen LogP contribution < -0.4 is 21.5 Å². The molecule has 11 heteroatoms. The smallest absolute Gasteiger partial charge is 0.325 e. The predicted octanol–water partition coefficient (Wildman–Crippen LogP) is 0.960. The number of anilines is 2. The van der Waals surface area contributed by atoms with Crippen LogP contribution in [0.5, 0.6) is 0 Å². The molecule has 1 N–H and O–H groups in total. The average molecular weight is 476 g/mol. The van der Waals surface area contributed by atoms with Crippen molar-refractivity contribution in [3.8, 4) is 0 Å². The molecule has 180 valence electrons. The van der Waals surface area contributed by atoms with E-state index in [1.807, 2.05) is 6.92 Å². The molecular formula is C24H24N6O5. The summed E-state index contributed by atoms with van der Waals surface area (Å²) in [5, 5.41) is 2.91. The van der Waals surface area contributed by atoms with Crippen LogP contribution in [0.15, 0.2) is 46.1 Å². The summed E-state index contributed by atoms with van der Waals surface area (Å²) in [6, 6.07) is 8.47. The van der Waals surface area contributed by atoms with Gasteiger partial charge in [0.25, 0.3) is 11.5 Å². The number of amides is 3. The topological polar surface area (TPSA) is 127 Å². The number of nitrogens with one attached hydrogen (secondary N) is 1. The van der Waals surface area contributed by atoms with Crippen LogP contribution in [-0.2, 0) is 23.7 Å².